The molecule has 0 aliphatic carbocycles. The van der Waals surface area contributed by atoms with Crippen LogP contribution in [0.1, 0.15) is 118 Å². The maximum absolute atomic E-state index is 14.4. The number of fused-ring (bicyclic) bond motifs is 1. The van der Waals surface area contributed by atoms with Gasteiger partial charge in [0.25, 0.3) is 11.8 Å². The van der Waals surface area contributed by atoms with Gasteiger partial charge in [0.05, 0.1) is 27.9 Å². The Balaban J connectivity index is 1.38. The van der Waals surface area contributed by atoms with Crippen LogP contribution in [0.4, 0.5) is 11.4 Å². The van der Waals surface area contributed by atoms with Crippen LogP contribution in [0.25, 0.3) is 10.8 Å². The van der Waals surface area contributed by atoms with Crippen molar-refractivity contribution in [2.45, 2.75) is 77.0 Å². The van der Waals surface area contributed by atoms with Gasteiger partial charge in [-0.05, 0) is 116 Å². The third kappa shape index (κ3) is 12.0. The molecule has 16 heteroatoms. The number of hydrogen-bond acceptors (Lipinski definition) is 12. The van der Waals surface area contributed by atoms with Gasteiger partial charge in [0, 0.05) is 68.8 Å². The number of likely N-dealkylation sites (tertiary alicyclic amines) is 4. The number of piperidine rings is 4. The number of nitrogens with zero attached hydrogens (tertiary/aromatic N) is 4. The lowest BCUT2D eigenvalue weighted by molar-refractivity contribution is 0.0684. The molecule has 6 rings (SSSR count). The van der Waals surface area contributed by atoms with E-state index >= 15 is 0 Å². The zero-order valence-electron chi connectivity index (χ0n) is 34.3. The third-order valence-corrected chi connectivity index (χ3v) is 12.1. The van der Waals surface area contributed by atoms with E-state index in [2.05, 4.69) is 51.9 Å². The number of rotatable bonds is 20. The second-order valence-corrected chi connectivity index (χ2v) is 16.3. The lowest BCUT2D eigenvalue weighted by Gasteiger charge is -2.28. The van der Waals surface area contributed by atoms with E-state index in [0.717, 1.165) is 117 Å². The van der Waals surface area contributed by atoms with Gasteiger partial charge >= 0.3 is 11.9 Å². The van der Waals surface area contributed by atoms with Gasteiger partial charge in [-0.2, -0.15) is 0 Å². The van der Waals surface area contributed by atoms with Crippen LogP contribution in [0.15, 0.2) is 12.1 Å². The molecule has 0 radical (unpaired) electrons. The molecule has 4 saturated heterocycles. The molecule has 2 aromatic rings. The first-order valence-corrected chi connectivity index (χ1v) is 21.9. The van der Waals surface area contributed by atoms with Crippen LogP contribution in [-0.2, 0) is 0 Å². The minimum atomic E-state index is -1.34. The van der Waals surface area contributed by atoms with Crippen molar-refractivity contribution < 1.29 is 29.4 Å². The Labute approximate surface area is 342 Å². The standard InChI is InChI=1S/C42H66N10O6/c53-39(47-45-15-27-51-21-9-3-10-22-51)31-29-33(43-13-25-49-17-5-1-6-18-49)37(40(54)48-46-16-28-52-23-11-4-12-24-52)36-32(41(55)56)30-34(38(35(31)36)42(57)58)44-14-26-50-19-7-2-8-20-50/h29-30,43-46H,1-28H2,(H,47,53)(H,48,54)(H,55,56)(H,57,58). The van der Waals surface area contributed by atoms with E-state index < -0.39 is 23.8 Å². The second kappa shape index (κ2) is 22.3. The topological polar surface area (TPSA) is 194 Å². The number of nitrogens with one attached hydrogen (secondary N) is 6. The van der Waals surface area contributed by atoms with E-state index in [-0.39, 0.29) is 44.4 Å². The summed E-state index contributed by atoms with van der Waals surface area (Å²) in [4.78, 5) is 64.7. The summed E-state index contributed by atoms with van der Waals surface area (Å²) in [6.45, 7) is 12.3. The second-order valence-electron chi connectivity index (χ2n) is 16.3. The highest BCUT2D eigenvalue weighted by molar-refractivity contribution is 6.27. The number of hydrazine groups is 2. The summed E-state index contributed by atoms with van der Waals surface area (Å²) in [5.74, 6) is -3.94. The zero-order valence-corrected chi connectivity index (χ0v) is 34.3. The van der Waals surface area contributed by atoms with Crippen LogP contribution in [0.2, 0.25) is 0 Å². The molecule has 2 amide bonds. The molecule has 0 unspecified atom stereocenters. The highest BCUT2D eigenvalue weighted by Gasteiger charge is 2.31. The highest BCUT2D eigenvalue weighted by atomic mass is 16.4. The van der Waals surface area contributed by atoms with Crippen molar-refractivity contribution in [2.75, 3.05) is 115 Å². The summed E-state index contributed by atoms with van der Waals surface area (Å²) < 4.78 is 0. The van der Waals surface area contributed by atoms with Crippen molar-refractivity contribution in [3.05, 3.63) is 34.4 Å². The average molecular weight is 807 g/mol. The van der Waals surface area contributed by atoms with E-state index in [1.54, 1.807) is 0 Å². The molecule has 0 aromatic heterocycles. The highest BCUT2D eigenvalue weighted by Crippen LogP contribution is 2.39. The summed E-state index contributed by atoms with van der Waals surface area (Å²) in [5, 5.41) is 28.1. The van der Waals surface area contributed by atoms with Crippen molar-refractivity contribution in [1.82, 2.24) is 41.3 Å². The summed E-state index contributed by atoms with van der Waals surface area (Å²) in [7, 11) is 0. The quantitative estimate of drug-likeness (QED) is 0.0717. The Morgan fingerprint density at radius 3 is 1.22 bits per heavy atom. The third-order valence-electron chi connectivity index (χ3n) is 12.1. The predicted octanol–water partition coefficient (Wildman–Crippen LogP) is 3.47. The Morgan fingerprint density at radius 1 is 0.448 bits per heavy atom. The Hall–Kier alpha value is -4.06. The van der Waals surface area contributed by atoms with E-state index in [9.17, 15) is 29.4 Å². The number of carbonyl (C=O) groups is 4. The first kappa shape index (κ1) is 43.5. The Kier molecular flexibility index (Phi) is 16.8. The molecule has 4 aliphatic rings. The SMILES string of the molecule is O=C(O)c1cc(NCCN2CCCCC2)c(C(=O)O)c2c(C(=O)NNCCN3CCCCC3)cc(NCCN3CCCCC3)c(C(=O)NNCCN3CCCCC3)c12. The van der Waals surface area contributed by atoms with Gasteiger partial charge in [-0.15, -0.1) is 0 Å². The molecular weight excluding hydrogens is 741 g/mol. The number of aromatic carboxylic acids is 2. The maximum Gasteiger partial charge on any atom is 0.338 e. The number of carboxylic acid groups (broad SMARTS) is 2. The molecule has 16 nitrogen and oxygen atoms in total. The fraction of sp³-hybridized carbons (Fsp3) is 0.667. The minimum absolute atomic E-state index is 0.0338. The summed E-state index contributed by atoms with van der Waals surface area (Å²) >= 11 is 0. The number of carboxylic acids is 2. The number of carbonyl (C=O) groups excluding carboxylic acids is 2. The molecule has 0 saturated carbocycles. The molecule has 4 aliphatic heterocycles. The van der Waals surface area contributed by atoms with Crippen molar-refractivity contribution in [1.29, 1.82) is 0 Å². The first-order valence-electron chi connectivity index (χ1n) is 21.9. The molecule has 0 atom stereocenters. The summed E-state index contributed by atoms with van der Waals surface area (Å²) in [6, 6.07) is 2.82. The van der Waals surface area contributed by atoms with Gasteiger partial charge in [-0.1, -0.05) is 25.7 Å². The predicted molar refractivity (Wildman–Crippen MR) is 227 cm³/mol. The van der Waals surface area contributed by atoms with Gasteiger partial charge in [-0.25, -0.2) is 20.4 Å². The largest absolute Gasteiger partial charge is 0.478 e. The monoisotopic (exact) mass is 807 g/mol. The summed E-state index contributed by atoms with van der Waals surface area (Å²) in [6.07, 6.45) is 13.7. The van der Waals surface area contributed by atoms with Crippen molar-refractivity contribution in [3.8, 4) is 0 Å². The zero-order chi connectivity index (χ0) is 40.7. The molecule has 8 N–H and O–H groups in total. The fourth-order valence-corrected chi connectivity index (χ4v) is 8.99. The van der Waals surface area contributed by atoms with Gasteiger partial charge in [0.15, 0.2) is 0 Å². The van der Waals surface area contributed by atoms with Crippen molar-refractivity contribution in [2.24, 2.45) is 0 Å². The lowest BCUT2D eigenvalue weighted by Crippen LogP contribution is -2.44. The van der Waals surface area contributed by atoms with Crippen LogP contribution >= 0.6 is 0 Å². The fourth-order valence-electron chi connectivity index (χ4n) is 8.99. The number of anilines is 2. The maximum atomic E-state index is 14.4. The first-order chi connectivity index (χ1) is 28.3. The number of hydrogen-bond donors (Lipinski definition) is 8. The van der Waals surface area contributed by atoms with E-state index in [0.29, 0.717) is 39.3 Å². The molecule has 2 aromatic carbocycles. The van der Waals surface area contributed by atoms with Crippen LogP contribution in [0.5, 0.6) is 0 Å². The molecule has 320 valence electrons. The summed E-state index contributed by atoms with van der Waals surface area (Å²) in [5.41, 5.74) is 11.3. The Bertz CT molecular complexity index is 1700. The van der Waals surface area contributed by atoms with Crippen LogP contribution in [0, 0.1) is 0 Å². The van der Waals surface area contributed by atoms with Gasteiger partial charge in [0.1, 0.15) is 0 Å². The smallest absolute Gasteiger partial charge is 0.338 e. The number of amides is 2. The molecule has 4 fully saturated rings. The van der Waals surface area contributed by atoms with Gasteiger partial charge in [0.2, 0.25) is 0 Å². The van der Waals surface area contributed by atoms with Crippen LogP contribution < -0.4 is 32.3 Å². The molecule has 0 spiro atoms. The number of benzene rings is 2. The average Bonchev–Trinajstić information content (AvgIpc) is 3.24. The Morgan fingerprint density at radius 2 is 0.810 bits per heavy atom. The lowest BCUT2D eigenvalue weighted by atomic mass is 9.88. The van der Waals surface area contributed by atoms with Crippen molar-refractivity contribution >= 4 is 45.9 Å². The van der Waals surface area contributed by atoms with Crippen LogP contribution in [0.3, 0.4) is 0 Å². The van der Waals surface area contributed by atoms with Gasteiger partial charge in [-0.3, -0.25) is 20.4 Å². The molecular formula is C42H66N10O6. The van der Waals surface area contributed by atoms with Crippen molar-refractivity contribution in [3.63, 3.8) is 0 Å². The van der Waals surface area contributed by atoms with Crippen LogP contribution in [-0.4, -0.2) is 158 Å². The normalized spacial score (nSPS) is 18.8. The van der Waals surface area contributed by atoms with Gasteiger partial charge < -0.3 is 40.4 Å². The molecule has 58 heavy (non-hydrogen) atoms. The van der Waals surface area contributed by atoms with E-state index in [1.165, 1.54) is 37.8 Å². The van der Waals surface area contributed by atoms with E-state index in [4.69, 9.17) is 0 Å². The minimum Gasteiger partial charge on any atom is -0.478 e. The molecule has 4 heterocycles. The van der Waals surface area contributed by atoms with E-state index in [1.807, 2.05) is 0 Å². The molecule has 0 bridgehead atoms.